The van der Waals surface area contributed by atoms with E-state index < -0.39 is 11.4 Å². The lowest BCUT2D eigenvalue weighted by atomic mass is 9.82. The van der Waals surface area contributed by atoms with Crippen molar-refractivity contribution in [1.82, 2.24) is 4.90 Å². The van der Waals surface area contributed by atoms with Gasteiger partial charge in [-0.2, -0.15) is 0 Å². The van der Waals surface area contributed by atoms with Crippen LogP contribution in [0.25, 0.3) is 0 Å². The van der Waals surface area contributed by atoms with E-state index in [0.29, 0.717) is 11.1 Å². The highest BCUT2D eigenvalue weighted by Crippen LogP contribution is 2.39. The Morgan fingerprint density at radius 3 is 2.41 bits per heavy atom. The van der Waals surface area contributed by atoms with Crippen LogP contribution >= 0.6 is 0 Å². The summed E-state index contributed by atoms with van der Waals surface area (Å²) in [5.74, 6) is 4.64. The lowest BCUT2D eigenvalue weighted by Crippen LogP contribution is -2.41. The minimum atomic E-state index is -1.35. The second kappa shape index (κ2) is 8.33. The summed E-state index contributed by atoms with van der Waals surface area (Å²) < 4.78 is 14.1. The molecule has 2 N–H and O–H groups in total. The number of hydrogen-bond donors (Lipinski definition) is 1. The first-order valence-electron chi connectivity index (χ1n) is 8.62. The number of guanidine groups is 1. The average molecular weight is 363 g/mol. The van der Waals surface area contributed by atoms with Gasteiger partial charge >= 0.3 is 0 Å². The molecule has 2 aromatic rings. The first kappa shape index (κ1) is 19.9. The fourth-order valence-corrected chi connectivity index (χ4v) is 2.84. The van der Waals surface area contributed by atoms with E-state index in [1.165, 1.54) is 29.2 Å². The monoisotopic (exact) mass is 363 g/mol. The van der Waals surface area contributed by atoms with Crippen LogP contribution in [-0.4, -0.2) is 23.8 Å². The number of nitrogens with two attached hydrogens (primary N) is 1. The van der Waals surface area contributed by atoms with E-state index in [0.717, 1.165) is 0 Å². The molecule has 0 fully saturated rings. The summed E-state index contributed by atoms with van der Waals surface area (Å²) in [5.41, 5.74) is 5.89. The molecule has 0 radical (unpaired) electrons. The SMILES string of the molecule is C=CC#Cc1cc(C2(c3ccccc3)N=C(N)N(C)C2=O)ccc1F.CC. The predicted molar refractivity (Wildman–Crippen MR) is 106 cm³/mol. The highest BCUT2D eigenvalue weighted by molar-refractivity contribution is 6.08. The maximum Gasteiger partial charge on any atom is 0.266 e. The molecule has 1 heterocycles. The highest BCUT2D eigenvalue weighted by atomic mass is 19.1. The number of benzene rings is 2. The Balaban J connectivity index is 0.00000126. The number of halogens is 1. The summed E-state index contributed by atoms with van der Waals surface area (Å²) in [6, 6.07) is 13.4. The first-order chi connectivity index (χ1) is 13.0. The van der Waals surface area contributed by atoms with Crippen molar-refractivity contribution in [2.75, 3.05) is 7.05 Å². The summed E-state index contributed by atoms with van der Waals surface area (Å²) in [7, 11) is 1.56. The number of aliphatic imine (C=N–C) groups is 1. The number of hydrogen-bond acceptors (Lipinski definition) is 3. The van der Waals surface area contributed by atoms with E-state index in [2.05, 4.69) is 23.4 Å². The van der Waals surface area contributed by atoms with Gasteiger partial charge in [0.2, 0.25) is 0 Å². The molecule has 0 bridgehead atoms. The number of nitrogens with zero attached hydrogens (tertiary/aromatic N) is 2. The lowest BCUT2D eigenvalue weighted by molar-refractivity contribution is -0.129. The van der Waals surface area contributed by atoms with Gasteiger partial charge in [0.05, 0.1) is 5.56 Å². The zero-order valence-electron chi connectivity index (χ0n) is 15.7. The third kappa shape index (κ3) is 3.47. The predicted octanol–water partition coefficient (Wildman–Crippen LogP) is 3.42. The zero-order chi connectivity index (χ0) is 20.0. The molecule has 5 heteroatoms. The molecule has 0 saturated carbocycles. The standard InChI is InChI=1S/C20H16FN3O.C2H6/c1-3-4-8-14-13-16(11-12-17(14)21)20(15-9-6-5-7-10-15)18(25)24(2)19(22)23-20;1-2/h3,5-7,9-13H,1H2,2H3,(H2,22,23);1-2H3. The van der Waals surface area contributed by atoms with Crippen LogP contribution in [0.1, 0.15) is 30.5 Å². The molecule has 138 valence electrons. The van der Waals surface area contributed by atoms with Crippen LogP contribution in [0.15, 0.2) is 66.2 Å². The number of carbonyl (C=O) groups is 1. The molecule has 1 unspecified atom stereocenters. The maximum atomic E-state index is 14.1. The van der Waals surface area contributed by atoms with Crippen molar-refractivity contribution in [2.24, 2.45) is 10.7 Å². The van der Waals surface area contributed by atoms with Gasteiger partial charge in [-0.15, -0.1) is 0 Å². The van der Waals surface area contributed by atoms with E-state index in [-0.39, 0.29) is 17.4 Å². The smallest absolute Gasteiger partial charge is 0.266 e. The van der Waals surface area contributed by atoms with Gasteiger partial charge in [0, 0.05) is 7.05 Å². The van der Waals surface area contributed by atoms with Crippen molar-refractivity contribution in [3.63, 3.8) is 0 Å². The van der Waals surface area contributed by atoms with Gasteiger partial charge < -0.3 is 5.73 Å². The normalized spacial score (nSPS) is 18.0. The number of allylic oxidation sites excluding steroid dienone is 1. The third-order valence-electron chi connectivity index (χ3n) is 4.12. The second-order valence-electron chi connectivity index (χ2n) is 5.58. The Labute approximate surface area is 159 Å². The molecular formula is C22H22FN3O. The molecule has 0 aliphatic carbocycles. The van der Waals surface area contributed by atoms with E-state index >= 15 is 0 Å². The molecule has 0 saturated heterocycles. The minimum Gasteiger partial charge on any atom is -0.369 e. The van der Waals surface area contributed by atoms with Crippen molar-refractivity contribution < 1.29 is 9.18 Å². The molecule has 0 aromatic heterocycles. The van der Waals surface area contributed by atoms with E-state index in [1.54, 1.807) is 19.2 Å². The molecule has 4 nitrogen and oxygen atoms in total. The Morgan fingerprint density at radius 1 is 1.19 bits per heavy atom. The zero-order valence-corrected chi connectivity index (χ0v) is 15.7. The van der Waals surface area contributed by atoms with Gasteiger partial charge in [0.1, 0.15) is 5.82 Å². The molecule has 1 atom stereocenters. The van der Waals surface area contributed by atoms with Crippen LogP contribution in [-0.2, 0) is 10.3 Å². The number of amides is 1. The number of rotatable bonds is 2. The summed E-state index contributed by atoms with van der Waals surface area (Å²) in [6.45, 7) is 7.50. The molecule has 2 aromatic carbocycles. The van der Waals surface area contributed by atoms with Crippen LogP contribution in [0.5, 0.6) is 0 Å². The van der Waals surface area contributed by atoms with Gasteiger partial charge in [-0.25, -0.2) is 9.38 Å². The average Bonchev–Trinajstić information content (AvgIpc) is 2.94. The van der Waals surface area contributed by atoms with Crippen molar-refractivity contribution >= 4 is 11.9 Å². The van der Waals surface area contributed by atoms with Gasteiger partial charge in [0.15, 0.2) is 11.5 Å². The van der Waals surface area contributed by atoms with E-state index in [9.17, 15) is 9.18 Å². The first-order valence-corrected chi connectivity index (χ1v) is 8.62. The van der Waals surface area contributed by atoms with Crippen molar-refractivity contribution in [3.05, 3.63) is 83.7 Å². The Kier molecular flexibility index (Phi) is 6.15. The van der Waals surface area contributed by atoms with Crippen LogP contribution in [0.3, 0.4) is 0 Å². The molecule has 1 aliphatic heterocycles. The van der Waals surface area contributed by atoms with Gasteiger partial charge in [-0.3, -0.25) is 9.69 Å². The second-order valence-corrected chi connectivity index (χ2v) is 5.58. The van der Waals surface area contributed by atoms with Crippen LogP contribution in [0.4, 0.5) is 4.39 Å². The van der Waals surface area contributed by atoms with Gasteiger partial charge in [-0.1, -0.05) is 68.7 Å². The lowest BCUT2D eigenvalue weighted by Gasteiger charge is -2.26. The topological polar surface area (TPSA) is 58.7 Å². The minimum absolute atomic E-state index is 0.108. The van der Waals surface area contributed by atoms with Crippen molar-refractivity contribution in [3.8, 4) is 11.8 Å². The highest BCUT2D eigenvalue weighted by Gasteiger charge is 2.49. The third-order valence-corrected chi connectivity index (χ3v) is 4.12. The summed E-state index contributed by atoms with van der Waals surface area (Å²) in [4.78, 5) is 18.8. The Bertz CT molecular complexity index is 941. The summed E-state index contributed by atoms with van der Waals surface area (Å²) in [5, 5.41) is 0. The Hall–Kier alpha value is -3.39. The largest absolute Gasteiger partial charge is 0.369 e. The van der Waals surface area contributed by atoms with E-state index in [1.807, 2.05) is 32.0 Å². The van der Waals surface area contributed by atoms with Crippen LogP contribution in [0.2, 0.25) is 0 Å². The van der Waals surface area contributed by atoms with Crippen molar-refractivity contribution in [2.45, 2.75) is 19.4 Å². The van der Waals surface area contributed by atoms with E-state index in [4.69, 9.17) is 5.73 Å². The maximum absolute atomic E-state index is 14.1. The molecule has 1 aliphatic rings. The molecular weight excluding hydrogens is 341 g/mol. The van der Waals surface area contributed by atoms with Gasteiger partial charge in [-0.05, 0) is 29.3 Å². The van der Waals surface area contributed by atoms with Gasteiger partial charge in [0.25, 0.3) is 5.91 Å². The Morgan fingerprint density at radius 2 is 1.85 bits per heavy atom. The molecule has 0 spiro atoms. The fourth-order valence-electron chi connectivity index (χ4n) is 2.84. The molecule has 3 rings (SSSR count). The molecule has 1 amide bonds. The van der Waals surface area contributed by atoms with Crippen molar-refractivity contribution in [1.29, 1.82) is 0 Å². The molecule has 27 heavy (non-hydrogen) atoms. The number of likely N-dealkylation sites (N-methyl/N-ethyl adjacent to an activating group) is 1. The van der Waals surface area contributed by atoms with Crippen LogP contribution in [0, 0.1) is 17.7 Å². The number of carbonyl (C=O) groups excluding carboxylic acids is 1. The quantitative estimate of drug-likeness (QED) is 0.831. The summed E-state index contributed by atoms with van der Waals surface area (Å²) >= 11 is 0. The summed E-state index contributed by atoms with van der Waals surface area (Å²) in [6.07, 6.45) is 1.38. The van der Waals surface area contributed by atoms with Crippen LogP contribution < -0.4 is 5.73 Å². The fraction of sp³-hybridized carbons (Fsp3) is 0.182.